The van der Waals surface area contributed by atoms with E-state index in [0.717, 1.165) is 23.8 Å². The van der Waals surface area contributed by atoms with Crippen LogP contribution in [0.5, 0.6) is 5.75 Å². The van der Waals surface area contributed by atoms with Gasteiger partial charge in [-0.05, 0) is 50.4 Å². The molecule has 2 rings (SSSR count). The molecule has 128 valence electrons. The van der Waals surface area contributed by atoms with Gasteiger partial charge in [0.25, 0.3) is 0 Å². The lowest BCUT2D eigenvalue weighted by molar-refractivity contribution is -0.122. The molecule has 0 saturated heterocycles. The number of benzene rings is 1. The lowest BCUT2D eigenvalue weighted by atomic mass is 9.89. The second-order valence-corrected chi connectivity index (χ2v) is 6.56. The Labute approximate surface area is 140 Å². The molecule has 4 nitrogen and oxygen atoms in total. The molecule has 1 aromatic carbocycles. The van der Waals surface area contributed by atoms with Gasteiger partial charge in [0.15, 0.2) is 0 Å². The van der Waals surface area contributed by atoms with Crippen LogP contribution in [0.25, 0.3) is 0 Å². The monoisotopic (exact) mass is 318 g/mol. The maximum absolute atomic E-state index is 12.1. The SMILES string of the molecule is CCOc1cccc(CNC(=O)CN(C)CC2CCCCC2)c1. The molecule has 1 fully saturated rings. The van der Waals surface area contributed by atoms with E-state index in [0.29, 0.717) is 19.7 Å². The summed E-state index contributed by atoms with van der Waals surface area (Å²) in [6, 6.07) is 7.89. The molecule has 0 radical (unpaired) electrons. The summed E-state index contributed by atoms with van der Waals surface area (Å²) in [7, 11) is 2.05. The normalized spacial score (nSPS) is 15.6. The first-order chi connectivity index (χ1) is 11.2. The smallest absolute Gasteiger partial charge is 0.234 e. The maximum Gasteiger partial charge on any atom is 0.234 e. The second kappa shape index (κ2) is 9.56. The zero-order valence-corrected chi connectivity index (χ0v) is 14.5. The predicted molar refractivity (Wildman–Crippen MR) is 93.5 cm³/mol. The van der Waals surface area contributed by atoms with E-state index in [2.05, 4.69) is 10.2 Å². The Kier molecular flexibility index (Phi) is 7.40. The van der Waals surface area contributed by atoms with Gasteiger partial charge in [0.1, 0.15) is 5.75 Å². The van der Waals surface area contributed by atoms with E-state index in [9.17, 15) is 4.79 Å². The highest BCUT2D eigenvalue weighted by atomic mass is 16.5. The van der Waals surface area contributed by atoms with Crippen molar-refractivity contribution in [3.8, 4) is 5.75 Å². The van der Waals surface area contributed by atoms with Gasteiger partial charge in [0.05, 0.1) is 13.2 Å². The number of amides is 1. The molecule has 1 N–H and O–H groups in total. The Morgan fingerprint density at radius 1 is 1.30 bits per heavy atom. The molecule has 1 aromatic rings. The van der Waals surface area contributed by atoms with Crippen molar-refractivity contribution in [3.05, 3.63) is 29.8 Å². The minimum absolute atomic E-state index is 0.0881. The molecular formula is C19H30N2O2. The first-order valence-corrected chi connectivity index (χ1v) is 8.84. The van der Waals surface area contributed by atoms with Crippen LogP contribution in [0.2, 0.25) is 0 Å². The van der Waals surface area contributed by atoms with Gasteiger partial charge < -0.3 is 10.1 Å². The standard InChI is InChI=1S/C19H30N2O2/c1-3-23-18-11-7-10-17(12-18)13-20-19(22)15-21(2)14-16-8-5-4-6-9-16/h7,10-12,16H,3-6,8-9,13-15H2,1-2H3,(H,20,22). The summed E-state index contributed by atoms with van der Waals surface area (Å²) < 4.78 is 5.48. The van der Waals surface area contributed by atoms with E-state index >= 15 is 0 Å². The summed E-state index contributed by atoms with van der Waals surface area (Å²) in [4.78, 5) is 14.2. The van der Waals surface area contributed by atoms with Gasteiger partial charge in [-0.3, -0.25) is 9.69 Å². The van der Waals surface area contributed by atoms with Crippen LogP contribution in [0.4, 0.5) is 0 Å². The highest BCUT2D eigenvalue weighted by Gasteiger charge is 2.16. The van der Waals surface area contributed by atoms with Gasteiger partial charge in [-0.25, -0.2) is 0 Å². The van der Waals surface area contributed by atoms with Gasteiger partial charge in [-0.1, -0.05) is 31.4 Å². The van der Waals surface area contributed by atoms with E-state index in [-0.39, 0.29) is 5.91 Å². The lowest BCUT2D eigenvalue weighted by Gasteiger charge is -2.26. The molecule has 0 aromatic heterocycles. The van der Waals surface area contributed by atoms with Gasteiger partial charge in [0, 0.05) is 13.1 Å². The van der Waals surface area contributed by atoms with Crippen molar-refractivity contribution in [1.29, 1.82) is 0 Å². The van der Waals surface area contributed by atoms with Crippen molar-refractivity contribution >= 4 is 5.91 Å². The van der Waals surface area contributed by atoms with Crippen LogP contribution in [0.15, 0.2) is 24.3 Å². The van der Waals surface area contributed by atoms with Crippen molar-refractivity contribution in [2.24, 2.45) is 5.92 Å². The first-order valence-electron chi connectivity index (χ1n) is 8.84. The summed E-state index contributed by atoms with van der Waals surface area (Å²) in [5, 5.41) is 3.00. The number of nitrogens with zero attached hydrogens (tertiary/aromatic N) is 1. The third kappa shape index (κ3) is 6.61. The van der Waals surface area contributed by atoms with E-state index in [4.69, 9.17) is 4.74 Å². The van der Waals surface area contributed by atoms with E-state index < -0.39 is 0 Å². The summed E-state index contributed by atoms with van der Waals surface area (Å²) in [6.07, 6.45) is 6.70. The topological polar surface area (TPSA) is 41.6 Å². The van der Waals surface area contributed by atoms with Crippen LogP contribution in [0, 0.1) is 5.92 Å². The third-order valence-corrected chi connectivity index (χ3v) is 4.41. The predicted octanol–water partition coefficient (Wildman–Crippen LogP) is 3.21. The quantitative estimate of drug-likeness (QED) is 0.800. The van der Waals surface area contributed by atoms with Crippen LogP contribution >= 0.6 is 0 Å². The maximum atomic E-state index is 12.1. The molecule has 0 spiro atoms. The fourth-order valence-electron chi connectivity index (χ4n) is 3.29. The number of carbonyl (C=O) groups excluding carboxylic acids is 1. The summed E-state index contributed by atoms with van der Waals surface area (Å²) >= 11 is 0. The molecule has 1 aliphatic carbocycles. The average molecular weight is 318 g/mol. The van der Waals surface area contributed by atoms with Crippen molar-refractivity contribution in [2.75, 3.05) is 26.7 Å². The molecule has 1 aliphatic rings. The van der Waals surface area contributed by atoms with Crippen LogP contribution in [-0.4, -0.2) is 37.6 Å². The Balaban J connectivity index is 1.70. The molecule has 0 atom stereocenters. The summed E-state index contributed by atoms with van der Waals surface area (Å²) in [6.45, 7) is 4.68. The van der Waals surface area contributed by atoms with E-state index in [1.54, 1.807) is 0 Å². The number of rotatable bonds is 8. The van der Waals surface area contributed by atoms with Gasteiger partial charge in [-0.15, -0.1) is 0 Å². The minimum atomic E-state index is 0.0881. The van der Waals surface area contributed by atoms with E-state index in [1.165, 1.54) is 32.1 Å². The van der Waals surface area contributed by atoms with Gasteiger partial charge in [-0.2, -0.15) is 0 Å². The van der Waals surface area contributed by atoms with Crippen LogP contribution in [-0.2, 0) is 11.3 Å². The second-order valence-electron chi connectivity index (χ2n) is 6.56. The number of carbonyl (C=O) groups is 1. The van der Waals surface area contributed by atoms with E-state index in [1.807, 2.05) is 38.2 Å². The molecular weight excluding hydrogens is 288 g/mol. The Hall–Kier alpha value is -1.55. The number of hydrogen-bond donors (Lipinski definition) is 1. The molecule has 0 bridgehead atoms. The molecule has 4 heteroatoms. The average Bonchev–Trinajstić information content (AvgIpc) is 2.54. The Morgan fingerprint density at radius 3 is 2.83 bits per heavy atom. The van der Waals surface area contributed by atoms with Crippen LogP contribution in [0.1, 0.15) is 44.6 Å². The fourth-order valence-corrected chi connectivity index (χ4v) is 3.29. The number of hydrogen-bond acceptors (Lipinski definition) is 3. The lowest BCUT2D eigenvalue weighted by Crippen LogP contribution is -2.37. The van der Waals surface area contributed by atoms with Crippen molar-refractivity contribution in [2.45, 2.75) is 45.6 Å². The minimum Gasteiger partial charge on any atom is -0.494 e. The Bertz CT molecular complexity index is 484. The molecule has 1 saturated carbocycles. The highest BCUT2D eigenvalue weighted by molar-refractivity contribution is 5.77. The van der Waals surface area contributed by atoms with Crippen LogP contribution in [0.3, 0.4) is 0 Å². The summed E-state index contributed by atoms with van der Waals surface area (Å²) in [5.41, 5.74) is 1.07. The highest BCUT2D eigenvalue weighted by Crippen LogP contribution is 2.23. The molecule has 1 amide bonds. The molecule has 0 heterocycles. The fraction of sp³-hybridized carbons (Fsp3) is 0.632. The number of ether oxygens (including phenoxy) is 1. The van der Waals surface area contributed by atoms with Gasteiger partial charge >= 0.3 is 0 Å². The third-order valence-electron chi connectivity index (χ3n) is 4.41. The molecule has 23 heavy (non-hydrogen) atoms. The van der Waals surface area contributed by atoms with Crippen molar-refractivity contribution < 1.29 is 9.53 Å². The number of likely N-dealkylation sites (N-methyl/N-ethyl adjacent to an activating group) is 1. The molecule has 0 aliphatic heterocycles. The summed E-state index contributed by atoms with van der Waals surface area (Å²) in [5.74, 6) is 1.71. The molecule has 0 unspecified atom stereocenters. The van der Waals surface area contributed by atoms with Crippen LogP contribution < -0.4 is 10.1 Å². The number of nitrogens with one attached hydrogen (secondary N) is 1. The largest absolute Gasteiger partial charge is 0.494 e. The Morgan fingerprint density at radius 2 is 2.09 bits per heavy atom. The zero-order chi connectivity index (χ0) is 16.5. The zero-order valence-electron chi connectivity index (χ0n) is 14.5. The van der Waals surface area contributed by atoms with Gasteiger partial charge in [0.2, 0.25) is 5.91 Å². The van der Waals surface area contributed by atoms with Crippen molar-refractivity contribution in [3.63, 3.8) is 0 Å². The first kappa shape index (κ1) is 17.8. The van der Waals surface area contributed by atoms with Crippen molar-refractivity contribution in [1.82, 2.24) is 10.2 Å².